The van der Waals surface area contributed by atoms with Gasteiger partial charge in [0.15, 0.2) is 35.2 Å². The average Bonchev–Trinajstić information content (AvgIpc) is 4.05. The highest BCUT2D eigenvalue weighted by Crippen LogP contribution is 2.32. The first-order valence-electron chi connectivity index (χ1n) is 21.9. The highest BCUT2D eigenvalue weighted by molar-refractivity contribution is 7.97. The summed E-state index contributed by atoms with van der Waals surface area (Å²) in [5.74, 6) is -10.4. The molecule has 2 unspecified atom stereocenters. The Morgan fingerprint density at radius 3 is 1.21 bits per heavy atom. The molecule has 2 heterocycles. The van der Waals surface area contributed by atoms with Crippen LogP contribution in [-0.4, -0.2) is 93.0 Å². The van der Waals surface area contributed by atoms with Gasteiger partial charge >= 0.3 is 23.7 Å². The molecule has 0 bridgehead atoms. The predicted octanol–water partition coefficient (Wildman–Crippen LogP) is 10.4. The van der Waals surface area contributed by atoms with Gasteiger partial charge in [-0.1, -0.05) is 109 Å². The van der Waals surface area contributed by atoms with E-state index in [1.165, 1.54) is 41.8 Å². The Hall–Kier alpha value is -6.11. The monoisotopic (exact) mass is 1000 g/mol. The van der Waals surface area contributed by atoms with Gasteiger partial charge in [-0.15, -0.1) is 0 Å². The van der Waals surface area contributed by atoms with Crippen molar-refractivity contribution in [2.24, 2.45) is 0 Å². The lowest BCUT2D eigenvalue weighted by molar-refractivity contribution is -0.172. The lowest BCUT2D eigenvalue weighted by Crippen LogP contribution is -2.31. The molecule has 10 nitrogen and oxygen atoms in total. The normalized spacial score (nSPS) is 14.2. The molecule has 0 amide bonds. The average molecular weight is 1000 g/mol. The zero-order valence-electron chi connectivity index (χ0n) is 39.1. The van der Waals surface area contributed by atoms with Crippen molar-refractivity contribution in [2.45, 2.75) is 86.9 Å². The number of imidazole rings is 1. The van der Waals surface area contributed by atoms with Gasteiger partial charge < -0.3 is 29.5 Å². The molecule has 1 aliphatic heterocycles. The van der Waals surface area contributed by atoms with Gasteiger partial charge in [0, 0.05) is 26.2 Å². The molecule has 3 N–H and O–H groups in total. The van der Waals surface area contributed by atoms with Gasteiger partial charge in [0.25, 0.3) is 0 Å². The quantitative estimate of drug-likeness (QED) is 0.0620. The zero-order chi connectivity index (χ0) is 51.0. The van der Waals surface area contributed by atoms with Gasteiger partial charge in [0.05, 0.1) is 41.6 Å². The second kappa shape index (κ2) is 28.5. The molecule has 0 aliphatic carbocycles. The van der Waals surface area contributed by atoms with Crippen LogP contribution in [0.3, 0.4) is 0 Å². The summed E-state index contributed by atoms with van der Waals surface area (Å²) in [6, 6.07) is 64.3. The Kier molecular flexibility index (Phi) is 23.0. The lowest BCUT2D eigenvalue weighted by Gasteiger charge is -2.15. The van der Waals surface area contributed by atoms with Crippen LogP contribution >= 0.6 is 0 Å². The third-order valence-corrected chi connectivity index (χ3v) is 13.7. The van der Waals surface area contributed by atoms with E-state index in [4.69, 9.17) is 24.8 Å². The van der Waals surface area contributed by atoms with Gasteiger partial charge in [-0.3, -0.25) is 9.36 Å². The minimum Gasteiger partial charge on any atom is -0.458 e. The van der Waals surface area contributed by atoms with E-state index in [2.05, 4.69) is 192 Å². The number of nitrogens with zero attached hydrogens (tertiary/aromatic N) is 2. The molecular weight excluding hydrogens is 945 g/mol. The van der Waals surface area contributed by atoms with Gasteiger partial charge in [-0.2, -0.15) is 17.6 Å². The maximum Gasteiger partial charge on any atom is 0.376 e. The standard InChI is InChI=1S/2C18H15S.C6H6F2N2O.C6H10F2O4.C6H12O3/c2*1-4-10-16(11-5-1)19(17-12-6-2-7-13-17)18-14-8-3-9-15-18;1-6(7,8)5(11)10-3-2-9-4-10;1-6(7,8)5(11)12-3-4(10)2-9;1-6(2)8-4-5(3-7)9-6/h2*1-15H;2-4H,1H3;4,9-10H,2-3H2,1H3;5,7H,3-4H2,1-2H3/q2*+1;;;. The molecule has 0 spiro atoms. The highest BCUT2D eigenvalue weighted by atomic mass is 32.2. The molecule has 16 heteroatoms. The third kappa shape index (κ3) is 19.4. The van der Waals surface area contributed by atoms with Crippen molar-refractivity contribution in [1.29, 1.82) is 0 Å². The van der Waals surface area contributed by atoms with E-state index in [0.717, 1.165) is 10.9 Å². The van der Waals surface area contributed by atoms with Crippen molar-refractivity contribution in [2.75, 3.05) is 26.4 Å². The predicted molar refractivity (Wildman–Crippen MR) is 263 cm³/mol. The van der Waals surface area contributed by atoms with Crippen molar-refractivity contribution in [3.8, 4) is 0 Å². The van der Waals surface area contributed by atoms with Crippen LogP contribution in [0.5, 0.6) is 0 Å². The molecule has 70 heavy (non-hydrogen) atoms. The van der Waals surface area contributed by atoms with Crippen molar-refractivity contribution in [3.05, 3.63) is 201 Å². The first kappa shape index (κ1) is 56.5. The number of esters is 1. The number of carbonyl (C=O) groups excluding carboxylic acids is 2. The van der Waals surface area contributed by atoms with Crippen LogP contribution in [0.15, 0.2) is 230 Å². The van der Waals surface area contributed by atoms with Crippen molar-refractivity contribution < 1.29 is 56.7 Å². The van der Waals surface area contributed by atoms with Crippen LogP contribution in [-0.2, 0) is 40.8 Å². The number of aliphatic hydroxyl groups is 3. The Morgan fingerprint density at radius 1 is 0.657 bits per heavy atom. The van der Waals surface area contributed by atoms with Gasteiger partial charge in [-0.05, 0) is 86.6 Å². The number of benzene rings is 6. The maximum absolute atomic E-state index is 12.3. The first-order valence-corrected chi connectivity index (χ1v) is 24.3. The Balaban J connectivity index is 0.000000197. The molecule has 1 saturated heterocycles. The molecular formula is C54H58F4N2O8S2+2. The summed E-state index contributed by atoms with van der Waals surface area (Å²) in [6.07, 6.45) is 2.06. The van der Waals surface area contributed by atoms with Crippen LogP contribution in [0.25, 0.3) is 0 Å². The minimum absolute atomic E-state index is 0.0146. The number of alkyl halides is 4. The van der Waals surface area contributed by atoms with E-state index in [1.54, 1.807) is 0 Å². The number of hydrogen-bond donors (Lipinski definition) is 3. The molecule has 1 aromatic heterocycles. The molecule has 0 saturated carbocycles. The van der Waals surface area contributed by atoms with Gasteiger partial charge in [-0.25, -0.2) is 9.78 Å². The van der Waals surface area contributed by atoms with E-state index in [1.807, 2.05) is 13.8 Å². The van der Waals surface area contributed by atoms with E-state index in [9.17, 15) is 27.2 Å². The van der Waals surface area contributed by atoms with Crippen molar-refractivity contribution in [3.63, 3.8) is 0 Å². The summed E-state index contributed by atoms with van der Waals surface area (Å²) in [4.78, 5) is 32.7. The second-order valence-electron chi connectivity index (χ2n) is 15.6. The molecule has 370 valence electrons. The Bertz CT molecular complexity index is 2200. The summed E-state index contributed by atoms with van der Waals surface area (Å²) in [5.41, 5.74) is 0. The van der Waals surface area contributed by atoms with Crippen molar-refractivity contribution >= 4 is 33.7 Å². The maximum atomic E-state index is 12.3. The number of aliphatic hydroxyl groups excluding tert-OH is 3. The van der Waals surface area contributed by atoms with E-state index in [0.29, 0.717) is 20.5 Å². The first-order chi connectivity index (χ1) is 33.4. The van der Waals surface area contributed by atoms with E-state index < -0.39 is 48.8 Å². The summed E-state index contributed by atoms with van der Waals surface area (Å²) in [6.45, 7) is 3.90. The summed E-state index contributed by atoms with van der Waals surface area (Å²) in [5, 5.41) is 25.4. The fourth-order valence-electron chi connectivity index (χ4n) is 5.97. The van der Waals surface area contributed by atoms with Crippen LogP contribution in [0.4, 0.5) is 17.6 Å². The van der Waals surface area contributed by atoms with Crippen LogP contribution in [0.2, 0.25) is 0 Å². The fourth-order valence-corrected chi connectivity index (χ4v) is 10.2. The number of rotatable bonds is 12. The minimum atomic E-state index is -3.56. The van der Waals surface area contributed by atoms with E-state index >= 15 is 0 Å². The number of halogens is 4. The molecule has 7 aromatic rings. The fraction of sp³-hybridized carbons (Fsp3) is 0.241. The van der Waals surface area contributed by atoms with Crippen LogP contribution in [0, 0.1) is 0 Å². The number of carbonyl (C=O) groups is 2. The molecule has 6 aromatic carbocycles. The Morgan fingerprint density at radius 2 is 1.00 bits per heavy atom. The largest absolute Gasteiger partial charge is 0.458 e. The SMILES string of the molecule is CC(F)(F)C(=O)OCC(O)CO.CC(F)(F)C(=O)n1ccnc1.CC1(C)OCC(CO)O1.c1ccc([S+](c2ccccc2)c2ccccc2)cc1.c1ccc([S+](c2ccccc2)c2ccccc2)cc1. The topological polar surface area (TPSA) is 140 Å². The molecule has 8 rings (SSSR count). The molecule has 1 aliphatic rings. The van der Waals surface area contributed by atoms with Crippen LogP contribution in [0.1, 0.15) is 32.5 Å². The molecule has 1 fully saturated rings. The Labute approximate surface area is 412 Å². The number of aromatic nitrogens is 2. The second-order valence-corrected chi connectivity index (χ2v) is 19.7. The summed E-state index contributed by atoms with van der Waals surface area (Å²) in [7, 11) is -0.0293. The van der Waals surface area contributed by atoms with Gasteiger partial charge in [0.2, 0.25) is 0 Å². The number of hydrogen-bond acceptors (Lipinski definition) is 9. The molecule has 2 atom stereocenters. The van der Waals surface area contributed by atoms with Crippen LogP contribution < -0.4 is 0 Å². The van der Waals surface area contributed by atoms with E-state index in [-0.39, 0.29) is 34.5 Å². The third-order valence-electron chi connectivity index (χ3n) is 9.23. The smallest absolute Gasteiger partial charge is 0.376 e. The number of ether oxygens (including phenoxy) is 3. The molecule has 0 radical (unpaired) electrons. The zero-order valence-corrected chi connectivity index (χ0v) is 40.8. The van der Waals surface area contributed by atoms with Crippen molar-refractivity contribution in [1.82, 2.24) is 9.55 Å². The lowest BCUT2D eigenvalue weighted by atomic mass is 10.3. The highest BCUT2D eigenvalue weighted by Gasteiger charge is 2.35. The summed E-state index contributed by atoms with van der Waals surface area (Å²) < 4.78 is 63.8. The summed E-state index contributed by atoms with van der Waals surface area (Å²) >= 11 is 0. The van der Waals surface area contributed by atoms with Gasteiger partial charge in [0.1, 0.15) is 25.1 Å².